The molecule has 0 atom stereocenters. The fourth-order valence-corrected chi connectivity index (χ4v) is 2.50. The fraction of sp³-hybridized carbons (Fsp3) is 0.357. The Hall–Kier alpha value is -2.39. The van der Waals surface area contributed by atoms with Crippen LogP contribution in [0.25, 0.3) is 0 Å². The summed E-state index contributed by atoms with van der Waals surface area (Å²) in [6.45, 7) is 2.40. The highest BCUT2D eigenvalue weighted by Crippen LogP contribution is 2.23. The topological polar surface area (TPSA) is 80.6 Å². The lowest BCUT2D eigenvalue weighted by molar-refractivity contribution is 0.621. The molecule has 2 N–H and O–H groups in total. The molecule has 3 heterocycles. The van der Waals surface area contributed by atoms with Crippen molar-refractivity contribution in [2.45, 2.75) is 19.5 Å². The molecule has 1 aliphatic heterocycles. The summed E-state index contributed by atoms with van der Waals surface area (Å²) in [6, 6.07) is 4.09. The molecule has 0 aromatic carbocycles. The Labute approximate surface area is 117 Å². The van der Waals surface area contributed by atoms with Crippen LogP contribution in [0.3, 0.4) is 0 Å². The lowest BCUT2D eigenvalue weighted by Gasteiger charge is -2.25. The first-order chi connectivity index (χ1) is 9.78. The zero-order valence-electron chi connectivity index (χ0n) is 11.3. The van der Waals surface area contributed by atoms with Gasteiger partial charge < -0.3 is 15.2 Å². The highest BCUT2D eigenvalue weighted by Gasteiger charge is 2.20. The number of aromatic amines is 1. The SMILES string of the molecule is CN(Cc1cc[nH]c1)c1nc(C#N)nc2c1CNCC2. The van der Waals surface area contributed by atoms with Crippen LogP contribution >= 0.6 is 0 Å². The predicted molar refractivity (Wildman–Crippen MR) is 75.1 cm³/mol. The molecule has 2 aromatic heterocycles. The largest absolute Gasteiger partial charge is 0.367 e. The minimum Gasteiger partial charge on any atom is -0.367 e. The van der Waals surface area contributed by atoms with Crippen molar-refractivity contribution < 1.29 is 0 Å². The summed E-state index contributed by atoms with van der Waals surface area (Å²) >= 11 is 0. The molecular weight excluding hydrogens is 252 g/mol. The van der Waals surface area contributed by atoms with E-state index in [2.05, 4.69) is 31.2 Å². The highest BCUT2D eigenvalue weighted by molar-refractivity contribution is 5.51. The van der Waals surface area contributed by atoms with Gasteiger partial charge in [-0.05, 0) is 11.6 Å². The van der Waals surface area contributed by atoms with Gasteiger partial charge in [-0.15, -0.1) is 0 Å². The number of H-pyrrole nitrogens is 1. The maximum atomic E-state index is 9.09. The second-order valence-electron chi connectivity index (χ2n) is 4.91. The fourth-order valence-electron chi connectivity index (χ4n) is 2.50. The zero-order valence-corrected chi connectivity index (χ0v) is 11.3. The Morgan fingerprint density at radius 3 is 3.10 bits per heavy atom. The van der Waals surface area contributed by atoms with Gasteiger partial charge in [-0.1, -0.05) is 0 Å². The number of fused-ring (bicyclic) bond motifs is 1. The van der Waals surface area contributed by atoms with E-state index in [1.807, 2.05) is 25.5 Å². The van der Waals surface area contributed by atoms with Crippen molar-refractivity contribution in [1.82, 2.24) is 20.3 Å². The summed E-state index contributed by atoms with van der Waals surface area (Å²) < 4.78 is 0. The maximum absolute atomic E-state index is 9.09. The number of nitrogens with zero attached hydrogens (tertiary/aromatic N) is 4. The summed E-state index contributed by atoms with van der Waals surface area (Å²) in [6.07, 6.45) is 4.71. The van der Waals surface area contributed by atoms with Gasteiger partial charge in [0.1, 0.15) is 11.9 Å². The van der Waals surface area contributed by atoms with Gasteiger partial charge in [0.2, 0.25) is 5.82 Å². The Bertz CT molecular complexity index is 640. The molecule has 1 aliphatic rings. The summed E-state index contributed by atoms with van der Waals surface area (Å²) in [7, 11) is 1.99. The van der Waals surface area contributed by atoms with E-state index in [0.717, 1.165) is 43.1 Å². The minimum atomic E-state index is 0.251. The molecule has 0 bridgehead atoms. The average Bonchev–Trinajstić information content (AvgIpc) is 2.98. The monoisotopic (exact) mass is 268 g/mol. The summed E-state index contributed by atoms with van der Waals surface area (Å²) in [5.41, 5.74) is 3.28. The Morgan fingerprint density at radius 2 is 2.35 bits per heavy atom. The van der Waals surface area contributed by atoms with Gasteiger partial charge in [0, 0.05) is 51.1 Å². The molecule has 102 valence electrons. The van der Waals surface area contributed by atoms with Crippen LogP contribution in [0.2, 0.25) is 0 Å². The van der Waals surface area contributed by atoms with E-state index < -0.39 is 0 Å². The van der Waals surface area contributed by atoms with E-state index in [-0.39, 0.29) is 5.82 Å². The molecule has 0 saturated heterocycles. The van der Waals surface area contributed by atoms with Crippen LogP contribution in [-0.4, -0.2) is 28.5 Å². The van der Waals surface area contributed by atoms with Crippen LogP contribution in [0.15, 0.2) is 18.5 Å². The van der Waals surface area contributed by atoms with Gasteiger partial charge in [-0.25, -0.2) is 9.97 Å². The molecule has 3 rings (SSSR count). The van der Waals surface area contributed by atoms with Crippen LogP contribution in [0.1, 0.15) is 22.6 Å². The normalized spacial score (nSPS) is 13.6. The van der Waals surface area contributed by atoms with Crippen LogP contribution in [-0.2, 0) is 19.5 Å². The second-order valence-corrected chi connectivity index (χ2v) is 4.91. The molecule has 0 fully saturated rings. The third-order valence-electron chi connectivity index (χ3n) is 3.45. The Balaban J connectivity index is 1.97. The lowest BCUT2D eigenvalue weighted by Crippen LogP contribution is -2.29. The van der Waals surface area contributed by atoms with E-state index in [1.54, 1.807) is 0 Å². The van der Waals surface area contributed by atoms with E-state index in [9.17, 15) is 0 Å². The van der Waals surface area contributed by atoms with Crippen LogP contribution in [0.4, 0.5) is 5.82 Å². The molecule has 20 heavy (non-hydrogen) atoms. The van der Waals surface area contributed by atoms with E-state index in [4.69, 9.17) is 5.26 Å². The minimum absolute atomic E-state index is 0.251. The predicted octanol–water partition coefficient (Wildman–Crippen LogP) is 0.958. The first kappa shape index (κ1) is 12.6. The maximum Gasteiger partial charge on any atom is 0.234 e. The van der Waals surface area contributed by atoms with Gasteiger partial charge in [0.15, 0.2) is 0 Å². The average molecular weight is 268 g/mol. The van der Waals surface area contributed by atoms with Gasteiger partial charge in [0.25, 0.3) is 0 Å². The summed E-state index contributed by atoms with van der Waals surface area (Å²) in [4.78, 5) is 13.8. The number of nitrogens with one attached hydrogen (secondary N) is 2. The summed E-state index contributed by atoms with van der Waals surface area (Å²) in [5.74, 6) is 1.10. The van der Waals surface area contributed by atoms with Gasteiger partial charge >= 0.3 is 0 Å². The molecule has 0 saturated carbocycles. The molecule has 0 radical (unpaired) electrons. The third kappa shape index (κ3) is 2.36. The quantitative estimate of drug-likeness (QED) is 0.866. The lowest BCUT2D eigenvalue weighted by atomic mass is 10.1. The van der Waals surface area contributed by atoms with Crippen molar-refractivity contribution in [1.29, 1.82) is 5.26 Å². The first-order valence-corrected chi connectivity index (χ1v) is 6.61. The van der Waals surface area contributed by atoms with Crippen molar-refractivity contribution in [2.24, 2.45) is 0 Å². The molecule has 0 spiro atoms. The van der Waals surface area contributed by atoms with E-state index in [1.165, 1.54) is 5.56 Å². The van der Waals surface area contributed by atoms with Crippen LogP contribution in [0, 0.1) is 11.3 Å². The molecule has 0 unspecified atom stereocenters. The first-order valence-electron chi connectivity index (χ1n) is 6.61. The van der Waals surface area contributed by atoms with Gasteiger partial charge in [-0.2, -0.15) is 5.26 Å². The third-order valence-corrected chi connectivity index (χ3v) is 3.45. The Kier molecular flexibility index (Phi) is 3.35. The number of hydrogen-bond acceptors (Lipinski definition) is 5. The standard InChI is InChI=1S/C14H16N6/c1-20(9-10-2-4-16-7-10)14-11-8-17-5-3-12(11)18-13(6-15)19-14/h2,4,7,16-17H,3,5,8-9H2,1H3. The van der Waals surface area contributed by atoms with Crippen molar-refractivity contribution in [3.8, 4) is 6.07 Å². The van der Waals surface area contributed by atoms with Crippen molar-refractivity contribution >= 4 is 5.82 Å². The second kappa shape index (κ2) is 5.31. The van der Waals surface area contributed by atoms with Crippen LogP contribution < -0.4 is 10.2 Å². The van der Waals surface area contributed by atoms with Gasteiger partial charge in [-0.3, -0.25) is 0 Å². The molecule has 0 aliphatic carbocycles. The number of rotatable bonds is 3. The highest BCUT2D eigenvalue weighted by atomic mass is 15.2. The zero-order chi connectivity index (χ0) is 13.9. The molecule has 6 nitrogen and oxygen atoms in total. The van der Waals surface area contributed by atoms with Crippen molar-refractivity contribution in [2.75, 3.05) is 18.5 Å². The number of hydrogen-bond donors (Lipinski definition) is 2. The molecule has 6 heteroatoms. The van der Waals surface area contributed by atoms with Gasteiger partial charge in [0.05, 0.1) is 5.69 Å². The number of nitriles is 1. The molecule has 0 amide bonds. The molecule has 2 aromatic rings. The van der Waals surface area contributed by atoms with E-state index in [0.29, 0.717) is 0 Å². The smallest absolute Gasteiger partial charge is 0.234 e. The van der Waals surface area contributed by atoms with Crippen LogP contribution in [0.5, 0.6) is 0 Å². The van der Waals surface area contributed by atoms with E-state index >= 15 is 0 Å². The van der Waals surface area contributed by atoms with Crippen molar-refractivity contribution in [3.05, 3.63) is 41.1 Å². The molecular formula is C14H16N6. The Morgan fingerprint density at radius 1 is 1.45 bits per heavy atom. The summed E-state index contributed by atoms with van der Waals surface area (Å²) in [5, 5.41) is 12.4. The number of aromatic nitrogens is 3. The number of anilines is 1. The van der Waals surface area contributed by atoms with Crippen molar-refractivity contribution in [3.63, 3.8) is 0 Å².